The van der Waals surface area contributed by atoms with Gasteiger partial charge in [0.1, 0.15) is 0 Å². The minimum absolute atomic E-state index is 0.106. The summed E-state index contributed by atoms with van der Waals surface area (Å²) in [6, 6.07) is 8.13. The Kier molecular flexibility index (Phi) is 3.23. The van der Waals surface area contributed by atoms with Gasteiger partial charge in [-0.2, -0.15) is 0 Å². The van der Waals surface area contributed by atoms with Crippen molar-refractivity contribution < 1.29 is 8.42 Å². The van der Waals surface area contributed by atoms with E-state index in [9.17, 15) is 8.42 Å². The van der Waals surface area contributed by atoms with Crippen molar-refractivity contribution in [1.29, 1.82) is 0 Å². The lowest BCUT2D eigenvalue weighted by Crippen LogP contribution is -2.17. The van der Waals surface area contributed by atoms with Crippen LogP contribution in [0.3, 0.4) is 0 Å². The van der Waals surface area contributed by atoms with E-state index in [1.165, 1.54) is 5.56 Å². The zero-order chi connectivity index (χ0) is 13.5. The van der Waals surface area contributed by atoms with Crippen LogP contribution in [0.5, 0.6) is 0 Å². The molecule has 3 nitrogen and oxygen atoms in total. The average Bonchev–Trinajstić information content (AvgIpc) is 2.56. The number of aryl methyl sites for hydroxylation is 2. The van der Waals surface area contributed by atoms with Gasteiger partial charge in [-0.25, -0.2) is 8.42 Å². The molecule has 1 aromatic carbocycles. The highest BCUT2D eigenvalue weighted by Gasteiger charge is 2.19. The van der Waals surface area contributed by atoms with Crippen LogP contribution in [0.1, 0.15) is 25.1 Å². The van der Waals surface area contributed by atoms with Gasteiger partial charge in [0.15, 0.2) is 9.84 Å². The molecule has 1 aromatic heterocycles. The van der Waals surface area contributed by atoms with Crippen molar-refractivity contribution in [1.82, 2.24) is 4.57 Å². The summed E-state index contributed by atoms with van der Waals surface area (Å²) in [5.41, 5.74) is 3.12. The van der Waals surface area contributed by atoms with Crippen molar-refractivity contribution in [3.63, 3.8) is 0 Å². The number of hydrogen-bond donors (Lipinski definition) is 0. The Bertz CT molecular complexity index is 681. The van der Waals surface area contributed by atoms with Crippen LogP contribution in [-0.4, -0.2) is 18.2 Å². The number of aromatic nitrogens is 1. The number of hydrogen-bond acceptors (Lipinski definition) is 2. The first-order valence-corrected chi connectivity index (χ1v) is 7.79. The fourth-order valence-corrected chi connectivity index (χ4v) is 3.03. The third-order valence-corrected chi connectivity index (χ3v) is 5.50. The normalized spacial score (nSPS) is 12.5. The highest BCUT2D eigenvalue weighted by Crippen LogP contribution is 2.22. The molecule has 2 aromatic rings. The Morgan fingerprint density at radius 1 is 1.22 bits per heavy atom. The molecule has 0 N–H and O–H groups in total. The highest BCUT2D eigenvalue weighted by atomic mass is 32.2. The topological polar surface area (TPSA) is 39.1 Å². The largest absolute Gasteiger partial charge is 0.347 e. The van der Waals surface area contributed by atoms with Gasteiger partial charge in [-0.15, -0.1) is 0 Å². The summed E-state index contributed by atoms with van der Waals surface area (Å²) >= 11 is 0. The Morgan fingerprint density at radius 2 is 1.89 bits per heavy atom. The Labute approximate surface area is 108 Å². The molecule has 0 saturated heterocycles. The fraction of sp³-hybridized carbons (Fsp3) is 0.429. The lowest BCUT2D eigenvalue weighted by atomic mass is 10.2. The summed E-state index contributed by atoms with van der Waals surface area (Å²) in [7, 11) is -1.13. The summed E-state index contributed by atoms with van der Waals surface area (Å²) in [4.78, 5) is 0. The van der Waals surface area contributed by atoms with E-state index < -0.39 is 9.84 Å². The number of sulfone groups is 1. The Balaban J connectivity index is 2.50. The van der Waals surface area contributed by atoms with Crippen LogP contribution in [0.25, 0.3) is 10.9 Å². The van der Waals surface area contributed by atoms with Crippen LogP contribution in [-0.2, 0) is 22.6 Å². The first kappa shape index (κ1) is 13.1. The SMILES string of the molecule is Cc1ccc2cc(CS(=O)(=O)C(C)C)n(C)c2c1. The summed E-state index contributed by atoms with van der Waals surface area (Å²) in [5, 5.41) is 0.759. The van der Waals surface area contributed by atoms with Gasteiger partial charge >= 0.3 is 0 Å². The third kappa shape index (κ3) is 2.29. The summed E-state index contributed by atoms with van der Waals surface area (Å²) in [6.45, 7) is 5.49. The van der Waals surface area contributed by atoms with Crippen molar-refractivity contribution >= 4 is 20.7 Å². The Hall–Kier alpha value is -1.29. The van der Waals surface area contributed by atoms with E-state index in [0.717, 1.165) is 16.6 Å². The second kappa shape index (κ2) is 4.43. The van der Waals surface area contributed by atoms with Crippen molar-refractivity contribution in [2.24, 2.45) is 7.05 Å². The molecule has 0 aliphatic carbocycles. The van der Waals surface area contributed by atoms with E-state index in [-0.39, 0.29) is 11.0 Å². The van der Waals surface area contributed by atoms with Gasteiger partial charge < -0.3 is 4.57 Å². The molecule has 0 atom stereocenters. The molecule has 0 aliphatic heterocycles. The van der Waals surface area contributed by atoms with Gasteiger partial charge in [0, 0.05) is 18.3 Å². The second-order valence-electron chi connectivity index (χ2n) is 5.11. The van der Waals surface area contributed by atoms with Crippen LogP contribution in [0.4, 0.5) is 0 Å². The minimum Gasteiger partial charge on any atom is -0.347 e. The Morgan fingerprint density at radius 3 is 2.50 bits per heavy atom. The van der Waals surface area contributed by atoms with E-state index in [2.05, 4.69) is 6.07 Å². The highest BCUT2D eigenvalue weighted by molar-refractivity contribution is 7.91. The zero-order valence-electron chi connectivity index (χ0n) is 11.3. The van der Waals surface area contributed by atoms with Crippen LogP contribution >= 0.6 is 0 Å². The molecule has 0 saturated carbocycles. The quantitative estimate of drug-likeness (QED) is 0.856. The van der Waals surface area contributed by atoms with Gasteiger partial charge in [0.2, 0.25) is 0 Å². The van der Waals surface area contributed by atoms with Crippen molar-refractivity contribution in [3.8, 4) is 0 Å². The fourth-order valence-electron chi connectivity index (χ4n) is 2.01. The lowest BCUT2D eigenvalue weighted by molar-refractivity contribution is 0.585. The van der Waals surface area contributed by atoms with E-state index in [4.69, 9.17) is 0 Å². The lowest BCUT2D eigenvalue weighted by Gasteiger charge is -2.08. The summed E-state index contributed by atoms with van der Waals surface area (Å²) in [6.07, 6.45) is 0. The maximum atomic E-state index is 12.0. The second-order valence-corrected chi connectivity index (χ2v) is 7.67. The van der Waals surface area contributed by atoms with E-state index in [0.29, 0.717) is 0 Å². The molecule has 0 aliphatic rings. The number of benzene rings is 1. The van der Waals surface area contributed by atoms with Crippen LogP contribution in [0.2, 0.25) is 0 Å². The predicted molar refractivity (Wildman–Crippen MR) is 75.4 cm³/mol. The number of nitrogens with zero attached hydrogens (tertiary/aromatic N) is 1. The molecule has 0 bridgehead atoms. The molecule has 0 amide bonds. The van der Waals surface area contributed by atoms with Gasteiger partial charge in [0.05, 0.1) is 11.0 Å². The van der Waals surface area contributed by atoms with Crippen LogP contribution < -0.4 is 0 Å². The number of rotatable bonds is 3. The molecule has 0 unspecified atom stereocenters. The third-order valence-electron chi connectivity index (χ3n) is 3.37. The van der Waals surface area contributed by atoms with Crippen molar-refractivity contribution in [2.45, 2.75) is 31.8 Å². The molecular weight excluding hydrogens is 246 g/mol. The number of fused-ring (bicyclic) bond motifs is 1. The average molecular weight is 265 g/mol. The smallest absolute Gasteiger partial charge is 0.158 e. The molecule has 18 heavy (non-hydrogen) atoms. The first-order chi connectivity index (χ1) is 8.31. The first-order valence-electron chi connectivity index (χ1n) is 6.08. The van der Waals surface area contributed by atoms with Gasteiger partial charge in [-0.3, -0.25) is 0 Å². The molecule has 0 radical (unpaired) electrons. The molecule has 98 valence electrons. The van der Waals surface area contributed by atoms with Crippen LogP contribution in [0.15, 0.2) is 24.3 Å². The zero-order valence-corrected chi connectivity index (χ0v) is 12.1. The van der Waals surface area contributed by atoms with Gasteiger partial charge in [-0.1, -0.05) is 12.1 Å². The maximum absolute atomic E-state index is 12.0. The van der Waals surface area contributed by atoms with E-state index in [1.807, 2.05) is 36.7 Å². The summed E-state index contributed by atoms with van der Waals surface area (Å²) < 4.78 is 25.9. The van der Waals surface area contributed by atoms with E-state index >= 15 is 0 Å². The maximum Gasteiger partial charge on any atom is 0.158 e. The van der Waals surface area contributed by atoms with E-state index in [1.54, 1.807) is 13.8 Å². The standard InChI is InChI=1S/C14H19NO2S/c1-10(2)18(16,17)9-13-8-12-6-5-11(3)7-14(12)15(13)4/h5-8,10H,9H2,1-4H3. The van der Waals surface area contributed by atoms with Gasteiger partial charge in [0.25, 0.3) is 0 Å². The molecule has 0 fully saturated rings. The monoisotopic (exact) mass is 265 g/mol. The molecular formula is C14H19NO2S. The van der Waals surface area contributed by atoms with Crippen molar-refractivity contribution in [2.75, 3.05) is 0 Å². The summed E-state index contributed by atoms with van der Waals surface area (Å²) in [5.74, 6) is 0.106. The molecule has 4 heteroatoms. The van der Waals surface area contributed by atoms with Gasteiger partial charge in [-0.05, 0) is 43.9 Å². The minimum atomic E-state index is -3.05. The molecule has 1 heterocycles. The van der Waals surface area contributed by atoms with Crippen molar-refractivity contribution in [3.05, 3.63) is 35.5 Å². The molecule has 0 spiro atoms. The molecule has 2 rings (SSSR count). The van der Waals surface area contributed by atoms with Crippen LogP contribution in [0, 0.1) is 6.92 Å². The predicted octanol–water partition coefficient (Wildman–Crippen LogP) is 2.81.